The molecule has 3 heteroatoms. The molecule has 0 radical (unpaired) electrons. The maximum Gasteiger partial charge on any atom is 0.130 e. The van der Waals surface area contributed by atoms with Crippen molar-refractivity contribution in [3.8, 4) is 5.75 Å². The zero-order valence-corrected chi connectivity index (χ0v) is 13.1. The van der Waals surface area contributed by atoms with Crippen molar-refractivity contribution in [2.75, 3.05) is 13.7 Å². The fraction of sp³-hybridized carbons (Fsp3) is 0.471. The number of methoxy groups -OCH3 is 1. The normalized spacial score (nSPS) is 11.9. The molecule has 0 aliphatic heterocycles. The standard InChI is InChI=1S/C17H24N2O/c1-11-6-13(9-17(3,4)10-18)8-14-15(20-5)7-12(2)19-16(11)14/h6-8H,9-10,18H2,1-5H3. The van der Waals surface area contributed by atoms with Crippen LogP contribution in [0.5, 0.6) is 5.75 Å². The van der Waals surface area contributed by atoms with E-state index in [-0.39, 0.29) is 5.41 Å². The highest BCUT2D eigenvalue weighted by atomic mass is 16.5. The van der Waals surface area contributed by atoms with Gasteiger partial charge in [-0.25, -0.2) is 0 Å². The molecule has 20 heavy (non-hydrogen) atoms. The second kappa shape index (κ2) is 5.41. The maximum atomic E-state index is 5.84. The van der Waals surface area contributed by atoms with Gasteiger partial charge in [-0.1, -0.05) is 19.9 Å². The molecule has 108 valence electrons. The van der Waals surface area contributed by atoms with Crippen LogP contribution in [0.25, 0.3) is 10.9 Å². The molecule has 0 saturated carbocycles. The fourth-order valence-corrected chi connectivity index (χ4v) is 2.56. The van der Waals surface area contributed by atoms with Crippen molar-refractivity contribution in [1.29, 1.82) is 0 Å². The molecular weight excluding hydrogens is 248 g/mol. The number of ether oxygens (including phenoxy) is 1. The van der Waals surface area contributed by atoms with Crippen molar-refractivity contribution >= 4 is 10.9 Å². The molecule has 0 saturated heterocycles. The Labute approximate surface area is 121 Å². The number of nitrogens with zero attached hydrogens (tertiary/aromatic N) is 1. The molecule has 0 fully saturated rings. The zero-order chi connectivity index (χ0) is 14.9. The second-order valence-electron chi connectivity index (χ2n) is 6.32. The summed E-state index contributed by atoms with van der Waals surface area (Å²) in [5, 5.41) is 1.08. The van der Waals surface area contributed by atoms with Crippen LogP contribution in [-0.4, -0.2) is 18.6 Å². The van der Waals surface area contributed by atoms with Crippen LogP contribution in [0.15, 0.2) is 18.2 Å². The maximum absolute atomic E-state index is 5.84. The van der Waals surface area contributed by atoms with E-state index in [2.05, 4.69) is 37.9 Å². The predicted molar refractivity (Wildman–Crippen MR) is 84.3 cm³/mol. The highest BCUT2D eigenvalue weighted by Crippen LogP contribution is 2.31. The quantitative estimate of drug-likeness (QED) is 0.928. The monoisotopic (exact) mass is 272 g/mol. The van der Waals surface area contributed by atoms with Gasteiger partial charge in [-0.15, -0.1) is 0 Å². The van der Waals surface area contributed by atoms with E-state index in [0.29, 0.717) is 6.54 Å². The Hall–Kier alpha value is -1.61. The molecular formula is C17H24N2O. The Morgan fingerprint density at radius 1 is 1.20 bits per heavy atom. The summed E-state index contributed by atoms with van der Waals surface area (Å²) in [5.41, 5.74) is 10.4. The third-order valence-electron chi connectivity index (χ3n) is 3.71. The van der Waals surface area contributed by atoms with Crippen LogP contribution in [-0.2, 0) is 6.42 Å². The van der Waals surface area contributed by atoms with E-state index in [0.717, 1.165) is 28.8 Å². The van der Waals surface area contributed by atoms with Crippen LogP contribution in [0.2, 0.25) is 0 Å². The van der Waals surface area contributed by atoms with Crippen LogP contribution in [0.1, 0.15) is 30.7 Å². The van der Waals surface area contributed by atoms with Crippen molar-refractivity contribution in [2.45, 2.75) is 34.1 Å². The molecule has 0 atom stereocenters. The van der Waals surface area contributed by atoms with Crippen molar-refractivity contribution in [3.05, 3.63) is 35.0 Å². The summed E-state index contributed by atoms with van der Waals surface area (Å²) in [6.45, 7) is 9.15. The van der Waals surface area contributed by atoms with E-state index in [1.165, 1.54) is 11.1 Å². The summed E-state index contributed by atoms with van der Waals surface area (Å²) in [5.74, 6) is 0.892. The second-order valence-corrected chi connectivity index (χ2v) is 6.32. The number of benzene rings is 1. The Balaban J connectivity index is 2.59. The molecule has 0 amide bonds. The smallest absolute Gasteiger partial charge is 0.130 e. The largest absolute Gasteiger partial charge is 0.496 e. The number of nitrogens with two attached hydrogens (primary N) is 1. The van der Waals surface area contributed by atoms with Crippen LogP contribution >= 0.6 is 0 Å². The van der Waals surface area contributed by atoms with Crippen molar-refractivity contribution < 1.29 is 4.74 Å². The summed E-state index contributed by atoms with van der Waals surface area (Å²) in [7, 11) is 1.71. The van der Waals surface area contributed by atoms with Gasteiger partial charge >= 0.3 is 0 Å². The third-order valence-corrected chi connectivity index (χ3v) is 3.71. The first-order valence-electron chi connectivity index (χ1n) is 7.01. The number of hydrogen-bond acceptors (Lipinski definition) is 3. The van der Waals surface area contributed by atoms with E-state index in [1.807, 2.05) is 13.0 Å². The first-order valence-corrected chi connectivity index (χ1v) is 7.01. The molecule has 0 aliphatic carbocycles. The molecule has 0 aliphatic rings. The Morgan fingerprint density at radius 2 is 1.90 bits per heavy atom. The van der Waals surface area contributed by atoms with Crippen LogP contribution in [0, 0.1) is 19.3 Å². The molecule has 0 spiro atoms. The third kappa shape index (κ3) is 2.93. The van der Waals surface area contributed by atoms with E-state index in [1.54, 1.807) is 7.11 Å². The minimum atomic E-state index is 0.103. The average molecular weight is 272 g/mol. The number of fused-ring (bicyclic) bond motifs is 1. The van der Waals surface area contributed by atoms with Gasteiger partial charge in [-0.2, -0.15) is 0 Å². The number of aromatic nitrogens is 1. The first kappa shape index (κ1) is 14.8. The lowest BCUT2D eigenvalue weighted by Crippen LogP contribution is -2.25. The molecule has 1 heterocycles. The summed E-state index contributed by atoms with van der Waals surface area (Å²) in [4.78, 5) is 4.64. The predicted octanol–water partition coefficient (Wildman–Crippen LogP) is 3.39. The van der Waals surface area contributed by atoms with Crippen molar-refractivity contribution in [2.24, 2.45) is 11.1 Å². The number of rotatable bonds is 4. The van der Waals surface area contributed by atoms with Gasteiger partial charge in [0, 0.05) is 17.1 Å². The summed E-state index contributed by atoms with van der Waals surface area (Å²) in [6.07, 6.45) is 0.956. The van der Waals surface area contributed by atoms with Gasteiger partial charge in [0.1, 0.15) is 5.75 Å². The van der Waals surface area contributed by atoms with Gasteiger partial charge in [-0.3, -0.25) is 4.98 Å². The van der Waals surface area contributed by atoms with Crippen molar-refractivity contribution in [1.82, 2.24) is 4.98 Å². The minimum Gasteiger partial charge on any atom is -0.496 e. The lowest BCUT2D eigenvalue weighted by atomic mass is 9.85. The topological polar surface area (TPSA) is 48.1 Å². The van der Waals surface area contributed by atoms with Gasteiger partial charge in [0.15, 0.2) is 0 Å². The van der Waals surface area contributed by atoms with Crippen molar-refractivity contribution in [3.63, 3.8) is 0 Å². The molecule has 2 rings (SSSR count). The van der Waals surface area contributed by atoms with E-state index in [9.17, 15) is 0 Å². The summed E-state index contributed by atoms with van der Waals surface area (Å²) >= 11 is 0. The van der Waals surface area contributed by atoms with Gasteiger partial charge in [0.05, 0.1) is 12.6 Å². The lowest BCUT2D eigenvalue weighted by Gasteiger charge is -2.23. The highest BCUT2D eigenvalue weighted by Gasteiger charge is 2.18. The van der Waals surface area contributed by atoms with Crippen LogP contribution in [0.4, 0.5) is 0 Å². The molecule has 1 aromatic carbocycles. The minimum absolute atomic E-state index is 0.103. The molecule has 0 bridgehead atoms. The van der Waals surface area contributed by atoms with E-state index in [4.69, 9.17) is 10.5 Å². The van der Waals surface area contributed by atoms with E-state index >= 15 is 0 Å². The average Bonchev–Trinajstić information content (AvgIpc) is 2.38. The fourth-order valence-electron chi connectivity index (χ4n) is 2.56. The molecule has 2 N–H and O–H groups in total. The van der Waals surface area contributed by atoms with Gasteiger partial charge < -0.3 is 10.5 Å². The summed E-state index contributed by atoms with van der Waals surface area (Å²) in [6, 6.07) is 6.39. The number of aryl methyl sites for hydroxylation is 2. The molecule has 2 aromatic rings. The SMILES string of the molecule is COc1cc(C)nc2c(C)cc(CC(C)(C)CN)cc12. The van der Waals surface area contributed by atoms with Gasteiger partial charge in [0.2, 0.25) is 0 Å². The number of pyridine rings is 1. The highest BCUT2D eigenvalue weighted by molar-refractivity contribution is 5.88. The Kier molecular flexibility index (Phi) is 4.00. The molecule has 3 nitrogen and oxygen atoms in total. The zero-order valence-electron chi connectivity index (χ0n) is 13.1. The van der Waals surface area contributed by atoms with Crippen LogP contribution in [0.3, 0.4) is 0 Å². The van der Waals surface area contributed by atoms with Gasteiger partial charge in [-0.05, 0) is 49.4 Å². The Morgan fingerprint density at radius 3 is 2.50 bits per heavy atom. The van der Waals surface area contributed by atoms with Gasteiger partial charge in [0.25, 0.3) is 0 Å². The lowest BCUT2D eigenvalue weighted by molar-refractivity contribution is 0.376. The summed E-state index contributed by atoms with van der Waals surface area (Å²) < 4.78 is 5.51. The number of hydrogen-bond donors (Lipinski definition) is 1. The molecule has 0 unspecified atom stereocenters. The first-order chi connectivity index (χ1) is 9.36. The molecule has 1 aromatic heterocycles. The Bertz CT molecular complexity index is 632. The van der Waals surface area contributed by atoms with Crippen LogP contribution < -0.4 is 10.5 Å². The van der Waals surface area contributed by atoms with E-state index < -0.39 is 0 Å².